The maximum atomic E-state index is 12.5. The van der Waals surface area contributed by atoms with Crippen molar-refractivity contribution >= 4 is 39.2 Å². The summed E-state index contributed by atoms with van der Waals surface area (Å²) >= 11 is 3.33. The molecule has 1 heterocycles. The number of thioether (sulfide) groups is 1. The standard InChI is InChI=1S/C19H20N2OS2/c1-12(2)23-15-10-8-14(9-11-15)18(22)20-19-21(4)17-13(3)6-5-7-16(17)24-19/h5-12H,1-4H3. The van der Waals surface area contributed by atoms with Crippen molar-refractivity contribution in [1.29, 1.82) is 0 Å². The number of carbonyl (C=O) groups excluding carboxylic acids is 1. The summed E-state index contributed by atoms with van der Waals surface area (Å²) in [6.07, 6.45) is 0. The van der Waals surface area contributed by atoms with Crippen LogP contribution in [0.25, 0.3) is 10.2 Å². The van der Waals surface area contributed by atoms with Crippen LogP contribution in [0.2, 0.25) is 0 Å². The highest BCUT2D eigenvalue weighted by atomic mass is 32.2. The average molecular weight is 357 g/mol. The topological polar surface area (TPSA) is 34.4 Å². The van der Waals surface area contributed by atoms with Crippen molar-refractivity contribution in [3.63, 3.8) is 0 Å². The SMILES string of the molecule is Cc1cccc2sc(=NC(=O)c3ccc(SC(C)C)cc3)n(C)c12. The number of aromatic nitrogens is 1. The van der Waals surface area contributed by atoms with Crippen LogP contribution in [0.4, 0.5) is 0 Å². The Kier molecular flexibility index (Phi) is 4.92. The fraction of sp³-hybridized carbons (Fsp3) is 0.263. The summed E-state index contributed by atoms with van der Waals surface area (Å²) in [4.78, 5) is 18.7. The number of para-hydroxylation sites is 1. The number of nitrogens with zero attached hydrogens (tertiary/aromatic N) is 2. The highest BCUT2D eigenvalue weighted by Crippen LogP contribution is 2.23. The van der Waals surface area contributed by atoms with Gasteiger partial charge in [0.15, 0.2) is 4.80 Å². The van der Waals surface area contributed by atoms with E-state index < -0.39 is 0 Å². The molecule has 0 radical (unpaired) electrons. The van der Waals surface area contributed by atoms with Gasteiger partial charge in [-0.3, -0.25) is 4.79 Å². The van der Waals surface area contributed by atoms with Gasteiger partial charge in [-0.25, -0.2) is 0 Å². The third-order valence-electron chi connectivity index (χ3n) is 3.69. The zero-order valence-corrected chi connectivity index (χ0v) is 15.9. The molecule has 3 rings (SSSR count). The highest BCUT2D eigenvalue weighted by Gasteiger charge is 2.09. The van der Waals surface area contributed by atoms with Gasteiger partial charge in [0.05, 0.1) is 10.2 Å². The van der Waals surface area contributed by atoms with Gasteiger partial charge < -0.3 is 4.57 Å². The predicted octanol–water partition coefficient (Wildman–Crippen LogP) is 4.79. The lowest BCUT2D eigenvalue weighted by Gasteiger charge is -2.04. The summed E-state index contributed by atoms with van der Waals surface area (Å²) in [6, 6.07) is 13.9. The number of carbonyl (C=O) groups is 1. The second kappa shape index (κ2) is 6.95. The van der Waals surface area contributed by atoms with Gasteiger partial charge in [-0.2, -0.15) is 4.99 Å². The molecule has 3 aromatic rings. The Morgan fingerprint density at radius 3 is 2.50 bits per heavy atom. The Morgan fingerprint density at radius 1 is 1.17 bits per heavy atom. The van der Waals surface area contributed by atoms with Crippen LogP contribution in [-0.4, -0.2) is 15.7 Å². The summed E-state index contributed by atoms with van der Waals surface area (Å²) in [5.41, 5.74) is 2.95. The Bertz CT molecular complexity index is 950. The second-order valence-corrected chi connectivity index (χ2v) is 8.63. The fourth-order valence-electron chi connectivity index (χ4n) is 2.60. The fourth-order valence-corrected chi connectivity index (χ4v) is 4.54. The minimum Gasteiger partial charge on any atom is -0.319 e. The van der Waals surface area contributed by atoms with Crippen molar-refractivity contribution in [3.05, 3.63) is 58.4 Å². The van der Waals surface area contributed by atoms with Crippen LogP contribution in [0.5, 0.6) is 0 Å². The molecule has 3 nitrogen and oxygen atoms in total. The number of amides is 1. The van der Waals surface area contributed by atoms with E-state index in [1.165, 1.54) is 10.5 Å². The van der Waals surface area contributed by atoms with Crippen LogP contribution in [0.1, 0.15) is 29.8 Å². The van der Waals surface area contributed by atoms with Gasteiger partial charge >= 0.3 is 0 Å². The zero-order valence-electron chi connectivity index (χ0n) is 14.2. The number of hydrogen-bond acceptors (Lipinski definition) is 3. The molecule has 1 amide bonds. The van der Waals surface area contributed by atoms with Crippen molar-refractivity contribution in [2.45, 2.75) is 30.9 Å². The van der Waals surface area contributed by atoms with E-state index in [1.807, 2.05) is 41.9 Å². The molecule has 0 aliphatic rings. The number of hydrogen-bond donors (Lipinski definition) is 0. The average Bonchev–Trinajstić information content (AvgIpc) is 2.85. The van der Waals surface area contributed by atoms with Crippen LogP contribution in [0, 0.1) is 6.92 Å². The van der Waals surface area contributed by atoms with Crippen LogP contribution >= 0.6 is 23.1 Å². The lowest BCUT2D eigenvalue weighted by atomic mass is 10.2. The third-order valence-corrected chi connectivity index (χ3v) is 5.81. The molecule has 0 saturated heterocycles. The lowest BCUT2D eigenvalue weighted by molar-refractivity contribution is 0.0998. The zero-order chi connectivity index (χ0) is 17.3. The van der Waals surface area contributed by atoms with E-state index in [0.29, 0.717) is 10.8 Å². The molecule has 0 bridgehead atoms. The van der Waals surface area contributed by atoms with Crippen molar-refractivity contribution in [3.8, 4) is 0 Å². The Balaban J connectivity index is 1.95. The third kappa shape index (κ3) is 3.47. The maximum absolute atomic E-state index is 12.5. The van der Waals surface area contributed by atoms with Crippen LogP contribution < -0.4 is 4.80 Å². The molecule has 0 fully saturated rings. The molecule has 0 N–H and O–H groups in total. The number of aryl methyl sites for hydroxylation is 2. The Labute approximate surface area is 150 Å². The molecule has 0 aliphatic carbocycles. The van der Waals surface area contributed by atoms with E-state index in [0.717, 1.165) is 15.0 Å². The molecule has 2 aromatic carbocycles. The van der Waals surface area contributed by atoms with E-state index >= 15 is 0 Å². The van der Waals surface area contributed by atoms with E-state index in [9.17, 15) is 4.79 Å². The van der Waals surface area contributed by atoms with Gasteiger partial charge in [0.25, 0.3) is 5.91 Å². The number of benzene rings is 2. The molecule has 0 aliphatic heterocycles. The first-order valence-electron chi connectivity index (χ1n) is 7.86. The van der Waals surface area contributed by atoms with E-state index in [4.69, 9.17) is 0 Å². The molecule has 124 valence electrons. The number of thiazole rings is 1. The molecule has 0 saturated carbocycles. The van der Waals surface area contributed by atoms with Gasteiger partial charge in [-0.15, -0.1) is 11.8 Å². The van der Waals surface area contributed by atoms with Gasteiger partial charge in [-0.05, 0) is 42.8 Å². The Morgan fingerprint density at radius 2 is 1.88 bits per heavy atom. The molecule has 5 heteroatoms. The minimum absolute atomic E-state index is 0.198. The first-order valence-corrected chi connectivity index (χ1v) is 9.56. The summed E-state index contributed by atoms with van der Waals surface area (Å²) in [7, 11) is 1.96. The van der Waals surface area contributed by atoms with Gasteiger partial charge in [-0.1, -0.05) is 37.3 Å². The van der Waals surface area contributed by atoms with Crippen molar-refractivity contribution in [1.82, 2.24) is 4.57 Å². The van der Waals surface area contributed by atoms with Gasteiger partial charge in [0.1, 0.15) is 0 Å². The Hall–Kier alpha value is -1.85. The number of rotatable bonds is 3. The number of fused-ring (bicyclic) bond motifs is 1. The minimum atomic E-state index is -0.198. The second-order valence-electron chi connectivity index (χ2n) is 5.97. The normalized spacial score (nSPS) is 12.3. The van der Waals surface area contributed by atoms with E-state index in [1.54, 1.807) is 23.1 Å². The molecular formula is C19H20N2OS2. The predicted molar refractivity (Wildman–Crippen MR) is 103 cm³/mol. The molecule has 0 spiro atoms. The largest absolute Gasteiger partial charge is 0.319 e. The molecule has 24 heavy (non-hydrogen) atoms. The van der Waals surface area contributed by atoms with Gasteiger partial charge in [0.2, 0.25) is 0 Å². The quantitative estimate of drug-likeness (QED) is 0.632. The smallest absolute Gasteiger partial charge is 0.279 e. The van der Waals surface area contributed by atoms with Crippen molar-refractivity contribution in [2.75, 3.05) is 0 Å². The monoisotopic (exact) mass is 356 g/mol. The summed E-state index contributed by atoms with van der Waals surface area (Å²) in [5.74, 6) is -0.198. The van der Waals surface area contributed by atoms with E-state index in [-0.39, 0.29) is 5.91 Å². The highest BCUT2D eigenvalue weighted by molar-refractivity contribution is 7.99. The summed E-state index contributed by atoms with van der Waals surface area (Å²) < 4.78 is 3.14. The van der Waals surface area contributed by atoms with Crippen molar-refractivity contribution in [2.24, 2.45) is 12.0 Å². The molecular weight excluding hydrogens is 336 g/mol. The van der Waals surface area contributed by atoms with E-state index in [2.05, 4.69) is 37.9 Å². The van der Waals surface area contributed by atoms with Crippen LogP contribution in [0.3, 0.4) is 0 Å². The molecule has 1 aromatic heterocycles. The maximum Gasteiger partial charge on any atom is 0.279 e. The van der Waals surface area contributed by atoms with Crippen molar-refractivity contribution < 1.29 is 4.79 Å². The van der Waals surface area contributed by atoms with Gasteiger partial charge in [0, 0.05) is 22.8 Å². The lowest BCUT2D eigenvalue weighted by Crippen LogP contribution is -2.13. The summed E-state index contributed by atoms with van der Waals surface area (Å²) in [5, 5.41) is 0.525. The summed E-state index contributed by atoms with van der Waals surface area (Å²) in [6.45, 7) is 6.39. The first kappa shape index (κ1) is 17.0. The van der Waals surface area contributed by atoms with Crippen LogP contribution in [0.15, 0.2) is 52.4 Å². The molecule has 0 unspecified atom stereocenters. The van der Waals surface area contributed by atoms with Crippen LogP contribution in [-0.2, 0) is 7.05 Å². The first-order chi connectivity index (χ1) is 11.5. The molecule has 0 atom stereocenters.